The van der Waals surface area contributed by atoms with Crippen LogP contribution in [0.2, 0.25) is 0 Å². The summed E-state index contributed by atoms with van der Waals surface area (Å²) in [5.74, 6) is 1.80. The molecule has 0 aliphatic heterocycles. The summed E-state index contributed by atoms with van der Waals surface area (Å²) in [7, 11) is 0. The van der Waals surface area contributed by atoms with E-state index in [-0.39, 0.29) is 6.10 Å². The first-order valence-corrected chi connectivity index (χ1v) is 5.91. The van der Waals surface area contributed by atoms with E-state index in [1.807, 2.05) is 13.8 Å². The first-order valence-electron chi connectivity index (χ1n) is 5.91. The average molecular weight is 222 g/mol. The molecule has 1 aromatic rings. The van der Waals surface area contributed by atoms with Gasteiger partial charge in [-0.3, -0.25) is 0 Å². The van der Waals surface area contributed by atoms with Gasteiger partial charge >= 0.3 is 0 Å². The Hall–Kier alpha value is -1.16. The van der Waals surface area contributed by atoms with Crippen LogP contribution in [0.3, 0.4) is 0 Å². The van der Waals surface area contributed by atoms with Crippen LogP contribution in [-0.2, 0) is 4.74 Å². The molecule has 0 spiro atoms. The van der Waals surface area contributed by atoms with Crippen LogP contribution >= 0.6 is 0 Å². The van der Waals surface area contributed by atoms with E-state index in [0.717, 1.165) is 25.2 Å². The van der Waals surface area contributed by atoms with Gasteiger partial charge in [0.2, 0.25) is 5.89 Å². The van der Waals surface area contributed by atoms with Crippen LogP contribution in [0, 0.1) is 0 Å². The maximum absolute atomic E-state index is 5.43. The number of ether oxygens (including phenoxy) is 1. The highest BCUT2D eigenvalue weighted by atomic mass is 16.5. The second-order valence-electron chi connectivity index (χ2n) is 4.07. The molecule has 88 valence electrons. The summed E-state index contributed by atoms with van der Waals surface area (Å²) in [5, 5.41) is 3.97. The topological polar surface area (TPSA) is 48.2 Å². The molecule has 2 atom stereocenters. The highest BCUT2D eigenvalue weighted by molar-refractivity contribution is 5.03. The zero-order valence-corrected chi connectivity index (χ0v) is 9.85. The molecule has 2 rings (SSSR count). The van der Waals surface area contributed by atoms with Gasteiger partial charge < -0.3 is 9.26 Å². The zero-order valence-electron chi connectivity index (χ0n) is 9.85. The first-order chi connectivity index (χ1) is 7.81. The van der Waals surface area contributed by atoms with E-state index < -0.39 is 0 Å². The van der Waals surface area contributed by atoms with Gasteiger partial charge in [0.05, 0.1) is 0 Å². The number of hydrogen-bond acceptors (Lipinski definition) is 4. The van der Waals surface area contributed by atoms with Gasteiger partial charge in [-0.25, -0.2) is 0 Å². The molecule has 1 aliphatic rings. The fraction of sp³-hybridized carbons (Fsp3) is 0.667. The quantitative estimate of drug-likeness (QED) is 0.735. The summed E-state index contributed by atoms with van der Waals surface area (Å²) in [6, 6.07) is 0. The fourth-order valence-corrected chi connectivity index (χ4v) is 1.92. The van der Waals surface area contributed by atoms with Gasteiger partial charge in [-0.2, -0.15) is 4.98 Å². The maximum Gasteiger partial charge on any atom is 0.230 e. The van der Waals surface area contributed by atoms with E-state index in [4.69, 9.17) is 9.26 Å². The van der Waals surface area contributed by atoms with E-state index in [1.54, 1.807) is 0 Å². The van der Waals surface area contributed by atoms with E-state index in [2.05, 4.69) is 22.3 Å². The number of allylic oxidation sites excluding steroid dienone is 2. The van der Waals surface area contributed by atoms with Crippen LogP contribution in [0.4, 0.5) is 0 Å². The Morgan fingerprint density at radius 1 is 1.56 bits per heavy atom. The summed E-state index contributed by atoms with van der Waals surface area (Å²) >= 11 is 0. The molecule has 1 aromatic heterocycles. The molecule has 0 amide bonds. The van der Waals surface area contributed by atoms with Crippen molar-refractivity contribution in [2.45, 2.75) is 45.1 Å². The molecule has 4 nitrogen and oxygen atoms in total. The number of hydrogen-bond donors (Lipinski definition) is 0. The lowest BCUT2D eigenvalue weighted by Gasteiger charge is -2.12. The lowest BCUT2D eigenvalue weighted by Crippen LogP contribution is -2.04. The van der Waals surface area contributed by atoms with Crippen molar-refractivity contribution in [3.05, 3.63) is 23.9 Å². The number of aromatic nitrogens is 2. The molecule has 16 heavy (non-hydrogen) atoms. The van der Waals surface area contributed by atoms with E-state index in [0.29, 0.717) is 18.3 Å². The first kappa shape index (κ1) is 11.3. The lowest BCUT2D eigenvalue weighted by molar-refractivity contribution is 0.0683. The Balaban J connectivity index is 2.03. The normalized spacial score (nSPS) is 22.2. The molecule has 1 heterocycles. The van der Waals surface area contributed by atoms with E-state index >= 15 is 0 Å². The Labute approximate surface area is 95.7 Å². The van der Waals surface area contributed by atoms with Crippen molar-refractivity contribution in [1.82, 2.24) is 10.1 Å². The second-order valence-corrected chi connectivity index (χ2v) is 4.07. The largest absolute Gasteiger partial charge is 0.371 e. The van der Waals surface area contributed by atoms with E-state index in [1.165, 1.54) is 0 Å². The molecule has 0 bridgehead atoms. The third kappa shape index (κ3) is 2.50. The van der Waals surface area contributed by atoms with Crippen LogP contribution in [0.25, 0.3) is 0 Å². The standard InChI is InChI=1S/C12H18N2O2/c1-3-15-9(2)11-13-12(16-14-11)10-7-5-4-6-8-10/h4-5,9-10H,3,6-8H2,1-2H3/t9-,10-/m1/s1. The SMILES string of the molecule is CCO[C@H](C)c1noc([C@@H]2CC=CCC2)n1. The van der Waals surface area contributed by atoms with Crippen molar-refractivity contribution < 1.29 is 9.26 Å². The number of rotatable bonds is 4. The maximum atomic E-state index is 5.43. The Morgan fingerprint density at radius 3 is 3.12 bits per heavy atom. The summed E-state index contributed by atoms with van der Waals surface area (Å²) in [6.45, 7) is 4.57. The Bertz CT molecular complexity index is 360. The van der Waals surface area contributed by atoms with Gasteiger partial charge in [0.15, 0.2) is 5.82 Å². The molecule has 0 radical (unpaired) electrons. The van der Waals surface area contributed by atoms with Crippen molar-refractivity contribution in [3.8, 4) is 0 Å². The van der Waals surface area contributed by atoms with Gasteiger partial charge in [-0.1, -0.05) is 17.3 Å². The molecular weight excluding hydrogens is 204 g/mol. The summed E-state index contributed by atoms with van der Waals surface area (Å²) in [6.07, 6.45) is 7.51. The molecule has 0 saturated carbocycles. The van der Waals surface area contributed by atoms with Crippen LogP contribution in [-0.4, -0.2) is 16.7 Å². The van der Waals surface area contributed by atoms with Crippen molar-refractivity contribution in [3.63, 3.8) is 0 Å². The highest BCUT2D eigenvalue weighted by Gasteiger charge is 2.21. The van der Waals surface area contributed by atoms with E-state index in [9.17, 15) is 0 Å². The monoisotopic (exact) mass is 222 g/mol. The minimum Gasteiger partial charge on any atom is -0.371 e. The summed E-state index contributed by atoms with van der Waals surface area (Å²) in [5.41, 5.74) is 0. The van der Waals surface area contributed by atoms with Gasteiger partial charge in [-0.05, 0) is 33.1 Å². The van der Waals surface area contributed by atoms with Crippen LogP contribution in [0.1, 0.15) is 56.8 Å². The minimum atomic E-state index is -0.0818. The molecule has 0 unspecified atom stereocenters. The molecular formula is C12H18N2O2. The molecule has 4 heteroatoms. The average Bonchev–Trinajstić information content (AvgIpc) is 2.80. The predicted octanol–water partition coefficient (Wildman–Crippen LogP) is 2.99. The minimum absolute atomic E-state index is 0.0818. The molecule has 0 fully saturated rings. The molecule has 1 aliphatic carbocycles. The molecule has 0 saturated heterocycles. The van der Waals surface area contributed by atoms with Crippen molar-refractivity contribution >= 4 is 0 Å². The Morgan fingerprint density at radius 2 is 2.44 bits per heavy atom. The van der Waals surface area contributed by atoms with Gasteiger partial charge in [0.25, 0.3) is 0 Å². The van der Waals surface area contributed by atoms with Crippen LogP contribution < -0.4 is 0 Å². The third-order valence-electron chi connectivity index (χ3n) is 2.86. The summed E-state index contributed by atoms with van der Waals surface area (Å²) < 4.78 is 10.7. The van der Waals surface area contributed by atoms with Gasteiger partial charge in [-0.15, -0.1) is 0 Å². The Kier molecular flexibility index (Phi) is 3.72. The molecule has 0 N–H and O–H groups in total. The highest BCUT2D eigenvalue weighted by Crippen LogP contribution is 2.28. The lowest BCUT2D eigenvalue weighted by atomic mass is 9.94. The van der Waals surface area contributed by atoms with Crippen LogP contribution in [0.15, 0.2) is 16.7 Å². The predicted molar refractivity (Wildman–Crippen MR) is 60.1 cm³/mol. The van der Waals surface area contributed by atoms with Crippen molar-refractivity contribution in [2.24, 2.45) is 0 Å². The number of nitrogens with zero attached hydrogens (tertiary/aromatic N) is 2. The van der Waals surface area contributed by atoms with Gasteiger partial charge in [0, 0.05) is 12.5 Å². The van der Waals surface area contributed by atoms with Crippen molar-refractivity contribution in [1.29, 1.82) is 0 Å². The van der Waals surface area contributed by atoms with Crippen LogP contribution in [0.5, 0.6) is 0 Å². The summed E-state index contributed by atoms with van der Waals surface area (Å²) in [4.78, 5) is 4.42. The third-order valence-corrected chi connectivity index (χ3v) is 2.86. The molecule has 0 aromatic carbocycles. The smallest absolute Gasteiger partial charge is 0.230 e. The van der Waals surface area contributed by atoms with Gasteiger partial charge in [0.1, 0.15) is 6.10 Å². The zero-order chi connectivity index (χ0) is 11.4. The second kappa shape index (κ2) is 5.25. The van der Waals surface area contributed by atoms with Crippen molar-refractivity contribution in [2.75, 3.05) is 6.61 Å². The fourth-order valence-electron chi connectivity index (χ4n) is 1.92.